The van der Waals surface area contributed by atoms with E-state index in [-0.39, 0.29) is 36.4 Å². The van der Waals surface area contributed by atoms with Crippen molar-refractivity contribution in [2.24, 2.45) is 4.99 Å². The molecule has 1 amide bonds. The molecule has 2 unspecified atom stereocenters. The molecule has 0 bridgehead atoms. The Hall–Kier alpha value is -0.960. The lowest BCUT2D eigenvalue weighted by molar-refractivity contribution is -0.127. The number of aliphatic imine (C=N–C) groups is 1. The van der Waals surface area contributed by atoms with Crippen molar-refractivity contribution in [3.63, 3.8) is 0 Å². The standard InChI is InChI=1S/C20H30N4OS.HI/c1-24(2)19(25)14-22-20(21-13-18-8-5-11-26-18)23-17-10-9-15-6-3-4-7-16(15)12-17;/h3-4,6-7,17-18H,5,8-14H2,1-2H3,(H2,21,22,23);1H. The van der Waals surface area contributed by atoms with E-state index in [1.54, 1.807) is 19.0 Å². The van der Waals surface area contributed by atoms with Gasteiger partial charge in [-0.05, 0) is 49.0 Å². The van der Waals surface area contributed by atoms with Crippen LogP contribution in [0, 0.1) is 0 Å². The Morgan fingerprint density at radius 2 is 2.04 bits per heavy atom. The molecule has 1 aliphatic heterocycles. The summed E-state index contributed by atoms with van der Waals surface area (Å²) < 4.78 is 0. The maximum Gasteiger partial charge on any atom is 0.243 e. The number of hydrogen-bond acceptors (Lipinski definition) is 3. The molecular formula is C20H31IN4OS. The van der Waals surface area contributed by atoms with E-state index >= 15 is 0 Å². The Labute approximate surface area is 184 Å². The molecular weight excluding hydrogens is 471 g/mol. The van der Waals surface area contributed by atoms with Crippen molar-refractivity contribution < 1.29 is 4.79 Å². The summed E-state index contributed by atoms with van der Waals surface area (Å²) in [7, 11) is 3.54. The molecule has 0 saturated carbocycles. The van der Waals surface area contributed by atoms with Gasteiger partial charge >= 0.3 is 0 Å². The molecule has 0 aromatic heterocycles. The molecule has 1 aromatic carbocycles. The molecule has 2 N–H and O–H groups in total. The number of thioether (sulfide) groups is 1. The Balaban J connectivity index is 0.00000261. The van der Waals surface area contributed by atoms with E-state index in [0.717, 1.165) is 31.8 Å². The van der Waals surface area contributed by atoms with Crippen LogP contribution in [-0.4, -0.2) is 61.0 Å². The van der Waals surface area contributed by atoms with Crippen LogP contribution in [0.3, 0.4) is 0 Å². The predicted octanol–water partition coefficient (Wildman–Crippen LogP) is 2.68. The van der Waals surface area contributed by atoms with Gasteiger partial charge in [-0.25, -0.2) is 4.99 Å². The molecule has 1 fully saturated rings. The van der Waals surface area contributed by atoms with Crippen LogP contribution >= 0.6 is 35.7 Å². The number of nitrogens with one attached hydrogen (secondary N) is 2. The van der Waals surface area contributed by atoms with Crippen molar-refractivity contribution in [1.29, 1.82) is 0 Å². The van der Waals surface area contributed by atoms with Crippen LogP contribution in [0.4, 0.5) is 0 Å². The summed E-state index contributed by atoms with van der Waals surface area (Å²) in [6.07, 6.45) is 5.76. The molecule has 7 heteroatoms. The molecule has 5 nitrogen and oxygen atoms in total. The average molecular weight is 502 g/mol. The highest BCUT2D eigenvalue weighted by Gasteiger charge is 2.21. The second-order valence-electron chi connectivity index (χ2n) is 7.32. The third kappa shape index (κ3) is 6.85. The minimum Gasteiger partial charge on any atom is -0.355 e. The Morgan fingerprint density at radius 1 is 1.26 bits per heavy atom. The molecule has 2 atom stereocenters. The number of halogens is 1. The number of benzene rings is 1. The van der Waals surface area contributed by atoms with Crippen molar-refractivity contribution in [3.8, 4) is 0 Å². The van der Waals surface area contributed by atoms with Crippen LogP contribution < -0.4 is 10.6 Å². The van der Waals surface area contributed by atoms with Crippen LogP contribution in [0.5, 0.6) is 0 Å². The van der Waals surface area contributed by atoms with E-state index in [4.69, 9.17) is 0 Å². The second kappa shape index (κ2) is 11.1. The first kappa shape index (κ1) is 22.3. The molecule has 0 spiro atoms. The van der Waals surface area contributed by atoms with E-state index in [9.17, 15) is 4.79 Å². The molecule has 3 rings (SSSR count). The van der Waals surface area contributed by atoms with E-state index in [2.05, 4.69) is 39.9 Å². The lowest BCUT2D eigenvalue weighted by Gasteiger charge is -2.27. The fourth-order valence-electron chi connectivity index (χ4n) is 3.47. The van der Waals surface area contributed by atoms with Gasteiger partial charge in [0, 0.05) is 31.9 Å². The first-order chi connectivity index (χ1) is 12.6. The normalized spacial score (nSPS) is 21.8. The van der Waals surface area contributed by atoms with Crippen molar-refractivity contribution in [3.05, 3.63) is 35.4 Å². The van der Waals surface area contributed by atoms with Gasteiger partial charge in [0.2, 0.25) is 5.91 Å². The number of nitrogens with zero attached hydrogens (tertiary/aromatic N) is 2. The van der Waals surface area contributed by atoms with E-state index in [1.807, 2.05) is 11.8 Å². The summed E-state index contributed by atoms with van der Waals surface area (Å²) in [4.78, 5) is 18.1. The molecule has 150 valence electrons. The first-order valence-electron chi connectivity index (χ1n) is 9.55. The third-order valence-corrected chi connectivity index (χ3v) is 6.48. The Bertz CT molecular complexity index is 647. The largest absolute Gasteiger partial charge is 0.355 e. The van der Waals surface area contributed by atoms with Crippen LogP contribution in [0.25, 0.3) is 0 Å². The summed E-state index contributed by atoms with van der Waals surface area (Å²) in [5, 5.41) is 7.70. The zero-order valence-electron chi connectivity index (χ0n) is 16.2. The molecule has 1 aliphatic carbocycles. The zero-order valence-corrected chi connectivity index (χ0v) is 19.4. The minimum atomic E-state index is 0. The summed E-state index contributed by atoms with van der Waals surface area (Å²) in [5.41, 5.74) is 2.88. The van der Waals surface area contributed by atoms with Gasteiger partial charge in [-0.3, -0.25) is 4.79 Å². The van der Waals surface area contributed by atoms with Crippen molar-refractivity contribution in [2.75, 3.05) is 32.9 Å². The maximum absolute atomic E-state index is 11.9. The number of amides is 1. The highest BCUT2D eigenvalue weighted by molar-refractivity contribution is 14.0. The Kier molecular flexibility index (Phi) is 9.21. The number of carbonyl (C=O) groups is 1. The second-order valence-corrected chi connectivity index (χ2v) is 8.73. The lowest BCUT2D eigenvalue weighted by Crippen LogP contribution is -2.47. The van der Waals surface area contributed by atoms with Gasteiger partial charge in [-0.15, -0.1) is 24.0 Å². The number of likely N-dealkylation sites (N-methyl/N-ethyl adjacent to an activating group) is 1. The molecule has 1 saturated heterocycles. The van der Waals surface area contributed by atoms with Gasteiger partial charge in [0.15, 0.2) is 5.96 Å². The first-order valence-corrected chi connectivity index (χ1v) is 10.6. The maximum atomic E-state index is 11.9. The quantitative estimate of drug-likeness (QED) is 0.370. The van der Waals surface area contributed by atoms with Gasteiger partial charge in [-0.1, -0.05) is 24.3 Å². The van der Waals surface area contributed by atoms with Crippen LogP contribution in [0.2, 0.25) is 0 Å². The van der Waals surface area contributed by atoms with E-state index < -0.39 is 0 Å². The fraction of sp³-hybridized carbons (Fsp3) is 0.600. The monoisotopic (exact) mass is 502 g/mol. The minimum absolute atomic E-state index is 0. The topological polar surface area (TPSA) is 56.7 Å². The van der Waals surface area contributed by atoms with Crippen molar-refractivity contribution in [2.45, 2.75) is 43.4 Å². The number of carbonyl (C=O) groups excluding carboxylic acids is 1. The SMILES string of the molecule is CN(C)C(=O)CN=C(NCC1CCCS1)NC1CCc2ccccc2C1.I. The predicted molar refractivity (Wildman–Crippen MR) is 125 cm³/mol. The highest BCUT2D eigenvalue weighted by Crippen LogP contribution is 2.25. The fourth-order valence-corrected chi connectivity index (χ4v) is 4.67. The van der Waals surface area contributed by atoms with E-state index in [1.165, 1.54) is 29.7 Å². The molecule has 2 aliphatic rings. The summed E-state index contributed by atoms with van der Waals surface area (Å²) in [5.74, 6) is 2.05. The number of hydrogen-bond donors (Lipinski definition) is 2. The molecule has 0 radical (unpaired) electrons. The van der Waals surface area contributed by atoms with Gasteiger partial charge in [0.05, 0.1) is 0 Å². The number of aryl methyl sites for hydroxylation is 1. The third-order valence-electron chi connectivity index (χ3n) is 5.08. The van der Waals surface area contributed by atoms with Gasteiger partial charge in [-0.2, -0.15) is 11.8 Å². The summed E-state index contributed by atoms with van der Waals surface area (Å²) in [6.45, 7) is 1.10. The van der Waals surface area contributed by atoms with Gasteiger partial charge in [0.25, 0.3) is 0 Å². The van der Waals surface area contributed by atoms with Crippen LogP contribution in [0.1, 0.15) is 30.4 Å². The molecule has 1 heterocycles. The Morgan fingerprint density at radius 3 is 2.74 bits per heavy atom. The smallest absolute Gasteiger partial charge is 0.243 e. The summed E-state index contributed by atoms with van der Waals surface area (Å²) >= 11 is 2.03. The summed E-state index contributed by atoms with van der Waals surface area (Å²) in [6, 6.07) is 9.04. The lowest BCUT2D eigenvalue weighted by atomic mass is 9.88. The molecule has 27 heavy (non-hydrogen) atoms. The van der Waals surface area contributed by atoms with Crippen LogP contribution in [0.15, 0.2) is 29.3 Å². The van der Waals surface area contributed by atoms with Crippen molar-refractivity contribution in [1.82, 2.24) is 15.5 Å². The highest BCUT2D eigenvalue weighted by atomic mass is 127. The number of guanidine groups is 1. The molecule has 1 aromatic rings. The van der Waals surface area contributed by atoms with Gasteiger partial charge in [0.1, 0.15) is 6.54 Å². The van der Waals surface area contributed by atoms with Crippen LogP contribution in [-0.2, 0) is 17.6 Å². The number of rotatable bonds is 5. The van der Waals surface area contributed by atoms with E-state index in [0.29, 0.717) is 11.3 Å². The van der Waals surface area contributed by atoms with Gasteiger partial charge < -0.3 is 15.5 Å². The number of fused-ring (bicyclic) bond motifs is 1. The van der Waals surface area contributed by atoms with Crippen molar-refractivity contribution >= 4 is 47.6 Å². The average Bonchev–Trinajstić information content (AvgIpc) is 3.17. The zero-order chi connectivity index (χ0) is 18.4.